The number of hydrogen-bond donors (Lipinski definition) is 1. The SMILES string of the molecule is COc1ccc(CC(=O)N/N=C\c2ccc(OC(C)C)cc2)cc1OC. The first-order chi connectivity index (χ1) is 12.5. The van der Waals surface area contributed by atoms with Gasteiger partial charge in [-0.05, 0) is 61.4 Å². The lowest BCUT2D eigenvalue weighted by Gasteiger charge is -2.09. The van der Waals surface area contributed by atoms with Gasteiger partial charge in [0.15, 0.2) is 11.5 Å². The van der Waals surface area contributed by atoms with Gasteiger partial charge in [0.2, 0.25) is 5.91 Å². The summed E-state index contributed by atoms with van der Waals surface area (Å²) in [6.45, 7) is 3.95. The lowest BCUT2D eigenvalue weighted by atomic mass is 10.1. The highest BCUT2D eigenvalue weighted by Crippen LogP contribution is 2.27. The molecule has 0 atom stereocenters. The summed E-state index contributed by atoms with van der Waals surface area (Å²) in [5.41, 5.74) is 4.20. The number of carbonyl (C=O) groups is 1. The van der Waals surface area contributed by atoms with Gasteiger partial charge in [0, 0.05) is 0 Å². The number of nitrogens with one attached hydrogen (secondary N) is 1. The number of amides is 1. The van der Waals surface area contributed by atoms with Crippen molar-refractivity contribution < 1.29 is 19.0 Å². The summed E-state index contributed by atoms with van der Waals surface area (Å²) in [4.78, 5) is 12.0. The molecule has 0 aliphatic heterocycles. The number of methoxy groups -OCH3 is 2. The number of carbonyl (C=O) groups excluding carboxylic acids is 1. The molecule has 0 aromatic heterocycles. The molecule has 0 radical (unpaired) electrons. The Labute approximate surface area is 153 Å². The first-order valence-corrected chi connectivity index (χ1v) is 8.31. The molecule has 0 heterocycles. The van der Waals surface area contributed by atoms with Crippen molar-refractivity contribution in [1.29, 1.82) is 0 Å². The van der Waals surface area contributed by atoms with Crippen molar-refractivity contribution in [3.63, 3.8) is 0 Å². The van der Waals surface area contributed by atoms with Gasteiger partial charge in [0.25, 0.3) is 0 Å². The average Bonchev–Trinajstić information content (AvgIpc) is 2.62. The molecular formula is C20H24N2O4. The first-order valence-electron chi connectivity index (χ1n) is 8.31. The summed E-state index contributed by atoms with van der Waals surface area (Å²) in [6.07, 6.45) is 1.91. The zero-order chi connectivity index (χ0) is 18.9. The van der Waals surface area contributed by atoms with E-state index in [4.69, 9.17) is 14.2 Å². The van der Waals surface area contributed by atoms with Crippen LogP contribution in [0.15, 0.2) is 47.6 Å². The summed E-state index contributed by atoms with van der Waals surface area (Å²) < 4.78 is 16.0. The van der Waals surface area contributed by atoms with Gasteiger partial charge in [-0.25, -0.2) is 5.43 Å². The molecule has 26 heavy (non-hydrogen) atoms. The second-order valence-electron chi connectivity index (χ2n) is 5.89. The minimum absolute atomic E-state index is 0.130. The highest BCUT2D eigenvalue weighted by atomic mass is 16.5. The number of nitrogens with zero attached hydrogens (tertiary/aromatic N) is 1. The number of hydrogen-bond acceptors (Lipinski definition) is 5. The van der Waals surface area contributed by atoms with Gasteiger partial charge in [-0.3, -0.25) is 4.79 Å². The van der Waals surface area contributed by atoms with Crippen molar-refractivity contribution in [2.24, 2.45) is 5.10 Å². The summed E-state index contributed by atoms with van der Waals surface area (Å²) in [6, 6.07) is 12.8. The fraction of sp³-hybridized carbons (Fsp3) is 0.300. The Kier molecular flexibility index (Phi) is 7.02. The highest BCUT2D eigenvalue weighted by Gasteiger charge is 2.07. The Morgan fingerprint density at radius 3 is 2.38 bits per heavy atom. The van der Waals surface area contributed by atoms with E-state index in [1.165, 1.54) is 0 Å². The van der Waals surface area contributed by atoms with Crippen LogP contribution < -0.4 is 19.6 Å². The van der Waals surface area contributed by atoms with E-state index < -0.39 is 0 Å². The van der Waals surface area contributed by atoms with E-state index in [0.29, 0.717) is 11.5 Å². The van der Waals surface area contributed by atoms with Crippen molar-refractivity contribution in [3.8, 4) is 17.2 Å². The van der Waals surface area contributed by atoms with Crippen LogP contribution in [0.5, 0.6) is 17.2 Å². The Balaban J connectivity index is 1.89. The fourth-order valence-corrected chi connectivity index (χ4v) is 2.30. The molecule has 1 N–H and O–H groups in total. The second-order valence-corrected chi connectivity index (χ2v) is 5.89. The van der Waals surface area contributed by atoms with E-state index in [0.717, 1.165) is 16.9 Å². The third-order valence-corrected chi connectivity index (χ3v) is 3.47. The lowest BCUT2D eigenvalue weighted by Crippen LogP contribution is -2.19. The van der Waals surface area contributed by atoms with Gasteiger partial charge >= 0.3 is 0 Å². The molecule has 0 bridgehead atoms. The highest BCUT2D eigenvalue weighted by molar-refractivity contribution is 5.83. The van der Waals surface area contributed by atoms with Gasteiger partial charge in [-0.1, -0.05) is 6.07 Å². The van der Waals surface area contributed by atoms with Gasteiger partial charge < -0.3 is 14.2 Å². The van der Waals surface area contributed by atoms with E-state index in [1.807, 2.05) is 44.2 Å². The molecule has 0 saturated carbocycles. The molecule has 0 aliphatic carbocycles. The zero-order valence-electron chi connectivity index (χ0n) is 15.5. The van der Waals surface area contributed by atoms with E-state index in [2.05, 4.69) is 10.5 Å². The van der Waals surface area contributed by atoms with Crippen LogP contribution in [-0.2, 0) is 11.2 Å². The molecule has 0 spiro atoms. The van der Waals surface area contributed by atoms with Gasteiger partial charge in [0.1, 0.15) is 5.75 Å². The molecule has 0 aliphatic rings. The van der Waals surface area contributed by atoms with E-state index >= 15 is 0 Å². The molecule has 2 rings (SSSR count). The van der Waals surface area contributed by atoms with Crippen molar-refractivity contribution in [2.45, 2.75) is 26.4 Å². The molecule has 0 saturated heterocycles. The van der Waals surface area contributed by atoms with Gasteiger partial charge in [-0.15, -0.1) is 0 Å². The summed E-state index contributed by atoms with van der Waals surface area (Å²) in [5.74, 6) is 1.80. The monoisotopic (exact) mass is 356 g/mol. The second kappa shape index (κ2) is 9.46. The quantitative estimate of drug-likeness (QED) is 0.583. The zero-order valence-corrected chi connectivity index (χ0v) is 15.5. The van der Waals surface area contributed by atoms with Crippen molar-refractivity contribution >= 4 is 12.1 Å². The van der Waals surface area contributed by atoms with Gasteiger partial charge in [-0.2, -0.15) is 5.10 Å². The molecular weight excluding hydrogens is 332 g/mol. The van der Waals surface area contributed by atoms with E-state index in [9.17, 15) is 4.79 Å². The molecule has 1 amide bonds. The largest absolute Gasteiger partial charge is 0.493 e. The predicted octanol–water partition coefficient (Wildman–Crippen LogP) is 3.18. The molecule has 0 unspecified atom stereocenters. The smallest absolute Gasteiger partial charge is 0.244 e. The van der Waals surface area contributed by atoms with E-state index in [1.54, 1.807) is 32.6 Å². The van der Waals surface area contributed by atoms with Crippen LogP contribution in [0.2, 0.25) is 0 Å². The molecule has 6 heteroatoms. The Bertz CT molecular complexity index is 755. The van der Waals surface area contributed by atoms with Crippen LogP contribution in [0.1, 0.15) is 25.0 Å². The van der Waals surface area contributed by atoms with Crippen LogP contribution in [0.4, 0.5) is 0 Å². The van der Waals surface area contributed by atoms with Crippen LogP contribution in [-0.4, -0.2) is 32.4 Å². The number of rotatable bonds is 8. The number of hydrazone groups is 1. The standard InChI is InChI=1S/C20H24N2O4/c1-14(2)26-17-8-5-15(6-9-17)13-21-22-20(23)12-16-7-10-18(24-3)19(11-16)25-4/h5-11,13-14H,12H2,1-4H3,(H,22,23)/b21-13-. The predicted molar refractivity (Wildman–Crippen MR) is 101 cm³/mol. The van der Waals surface area contributed by atoms with Crippen molar-refractivity contribution in [3.05, 3.63) is 53.6 Å². The topological polar surface area (TPSA) is 69.2 Å². The Morgan fingerprint density at radius 2 is 1.77 bits per heavy atom. The maximum absolute atomic E-state index is 12.0. The lowest BCUT2D eigenvalue weighted by molar-refractivity contribution is -0.120. The Hall–Kier alpha value is -3.02. The maximum Gasteiger partial charge on any atom is 0.244 e. The number of ether oxygens (including phenoxy) is 3. The molecule has 2 aromatic rings. The van der Waals surface area contributed by atoms with Crippen LogP contribution >= 0.6 is 0 Å². The normalized spacial score (nSPS) is 10.8. The average molecular weight is 356 g/mol. The minimum atomic E-state index is -0.215. The van der Waals surface area contributed by atoms with Crippen molar-refractivity contribution in [1.82, 2.24) is 5.43 Å². The Morgan fingerprint density at radius 1 is 1.08 bits per heavy atom. The molecule has 6 nitrogen and oxygen atoms in total. The molecule has 2 aromatic carbocycles. The van der Waals surface area contributed by atoms with Crippen LogP contribution in [0.25, 0.3) is 0 Å². The van der Waals surface area contributed by atoms with E-state index in [-0.39, 0.29) is 18.4 Å². The third kappa shape index (κ3) is 5.81. The van der Waals surface area contributed by atoms with Crippen LogP contribution in [0.3, 0.4) is 0 Å². The summed E-state index contributed by atoms with van der Waals surface area (Å²) >= 11 is 0. The summed E-state index contributed by atoms with van der Waals surface area (Å²) in [5, 5.41) is 3.98. The minimum Gasteiger partial charge on any atom is -0.493 e. The maximum atomic E-state index is 12.0. The fourth-order valence-electron chi connectivity index (χ4n) is 2.30. The summed E-state index contributed by atoms with van der Waals surface area (Å²) in [7, 11) is 3.13. The third-order valence-electron chi connectivity index (χ3n) is 3.47. The van der Waals surface area contributed by atoms with Gasteiger partial charge in [0.05, 0.1) is 33.0 Å². The molecule has 0 fully saturated rings. The first kappa shape index (κ1) is 19.3. The van der Waals surface area contributed by atoms with Crippen LogP contribution in [0, 0.1) is 0 Å². The number of benzene rings is 2. The molecule has 138 valence electrons. The van der Waals surface area contributed by atoms with Crippen molar-refractivity contribution in [2.75, 3.05) is 14.2 Å².